The summed E-state index contributed by atoms with van der Waals surface area (Å²) >= 11 is 0. The smallest absolute Gasteiger partial charge is 0.231 e. The second-order valence-corrected chi connectivity index (χ2v) is 3.59. The van der Waals surface area contributed by atoms with Crippen LogP contribution in [0.4, 0.5) is 0 Å². The number of carbonyl (C=O) groups excluding carboxylic acids is 1. The van der Waals surface area contributed by atoms with Gasteiger partial charge in [0.05, 0.1) is 12.3 Å². The molecule has 0 bridgehead atoms. The van der Waals surface area contributed by atoms with Crippen LogP contribution in [0, 0.1) is 0 Å². The van der Waals surface area contributed by atoms with Crippen molar-refractivity contribution in [2.75, 3.05) is 13.2 Å². The summed E-state index contributed by atoms with van der Waals surface area (Å²) in [7, 11) is 0. The molecule has 0 spiro atoms. The Morgan fingerprint density at radius 2 is 2.29 bits per heavy atom. The first-order valence-electron chi connectivity index (χ1n) is 4.60. The van der Waals surface area contributed by atoms with E-state index in [4.69, 9.17) is 4.74 Å². The summed E-state index contributed by atoms with van der Waals surface area (Å²) in [4.78, 5) is 11.5. The lowest BCUT2D eigenvalue weighted by Gasteiger charge is -2.38. The SMILES string of the molecule is CC1=C(C)C2(O)OCCNC2=CC1=O. The van der Waals surface area contributed by atoms with Crippen molar-refractivity contribution in [1.82, 2.24) is 5.32 Å². The largest absolute Gasteiger partial charge is 0.381 e. The summed E-state index contributed by atoms with van der Waals surface area (Å²) in [5.41, 5.74) is 1.59. The molecule has 4 heteroatoms. The zero-order chi connectivity index (χ0) is 10.3. The molecule has 1 heterocycles. The molecule has 0 aromatic heterocycles. The van der Waals surface area contributed by atoms with E-state index in [2.05, 4.69) is 5.32 Å². The first kappa shape index (κ1) is 9.43. The van der Waals surface area contributed by atoms with E-state index in [1.807, 2.05) is 0 Å². The van der Waals surface area contributed by atoms with E-state index in [-0.39, 0.29) is 5.78 Å². The van der Waals surface area contributed by atoms with Crippen molar-refractivity contribution in [3.63, 3.8) is 0 Å². The number of allylic oxidation sites excluding steroid dienone is 2. The molecular weight excluding hydrogens is 182 g/mol. The Hall–Kier alpha value is -1.13. The van der Waals surface area contributed by atoms with Crippen LogP contribution < -0.4 is 5.32 Å². The van der Waals surface area contributed by atoms with Crippen molar-refractivity contribution < 1.29 is 14.6 Å². The molecule has 2 rings (SSSR count). The number of aliphatic hydroxyl groups is 1. The van der Waals surface area contributed by atoms with Crippen LogP contribution in [0.15, 0.2) is 22.9 Å². The quantitative estimate of drug-likeness (QED) is 0.575. The molecule has 0 aromatic carbocycles. The molecule has 1 fully saturated rings. The summed E-state index contributed by atoms with van der Waals surface area (Å²) in [6.45, 7) is 4.47. The number of fused-ring (bicyclic) bond motifs is 1. The molecule has 2 N–H and O–H groups in total. The van der Waals surface area contributed by atoms with Crippen LogP contribution in [-0.4, -0.2) is 29.8 Å². The first-order valence-corrected chi connectivity index (χ1v) is 4.60. The Labute approximate surface area is 82.3 Å². The maximum Gasteiger partial charge on any atom is 0.231 e. The van der Waals surface area contributed by atoms with E-state index < -0.39 is 5.79 Å². The van der Waals surface area contributed by atoms with E-state index in [0.717, 1.165) is 0 Å². The number of ether oxygens (including phenoxy) is 1. The van der Waals surface area contributed by atoms with Crippen molar-refractivity contribution >= 4 is 5.78 Å². The molecule has 0 aromatic rings. The minimum Gasteiger partial charge on any atom is -0.381 e. The van der Waals surface area contributed by atoms with Crippen LogP contribution in [0.1, 0.15) is 13.8 Å². The summed E-state index contributed by atoms with van der Waals surface area (Å²) < 4.78 is 5.32. The van der Waals surface area contributed by atoms with Crippen LogP contribution in [0.3, 0.4) is 0 Å². The van der Waals surface area contributed by atoms with E-state index in [1.165, 1.54) is 6.08 Å². The van der Waals surface area contributed by atoms with Crippen molar-refractivity contribution in [2.45, 2.75) is 19.6 Å². The Bertz CT molecular complexity index is 356. The van der Waals surface area contributed by atoms with Crippen molar-refractivity contribution in [3.8, 4) is 0 Å². The molecule has 1 aliphatic heterocycles. The molecule has 0 saturated carbocycles. The third-order valence-electron chi connectivity index (χ3n) is 2.81. The lowest BCUT2D eigenvalue weighted by Crippen LogP contribution is -2.50. The van der Waals surface area contributed by atoms with Gasteiger partial charge in [0.1, 0.15) is 0 Å². The molecule has 1 atom stereocenters. The van der Waals surface area contributed by atoms with Gasteiger partial charge in [-0.1, -0.05) is 0 Å². The number of hydrogen-bond donors (Lipinski definition) is 2. The number of morpholine rings is 1. The molecule has 1 saturated heterocycles. The van der Waals surface area contributed by atoms with Crippen LogP contribution in [0.25, 0.3) is 0 Å². The molecule has 1 unspecified atom stereocenters. The highest BCUT2D eigenvalue weighted by Gasteiger charge is 2.42. The highest BCUT2D eigenvalue weighted by atomic mass is 16.6. The summed E-state index contributed by atoms with van der Waals surface area (Å²) in [6.07, 6.45) is 1.40. The number of rotatable bonds is 0. The van der Waals surface area contributed by atoms with Gasteiger partial charge in [0.2, 0.25) is 5.79 Å². The molecular formula is C10H13NO3. The van der Waals surface area contributed by atoms with E-state index in [0.29, 0.717) is 30.0 Å². The van der Waals surface area contributed by atoms with Gasteiger partial charge in [-0.15, -0.1) is 0 Å². The number of ketones is 1. The fourth-order valence-corrected chi connectivity index (χ4v) is 1.72. The second kappa shape index (κ2) is 2.93. The Kier molecular flexibility index (Phi) is 1.97. The van der Waals surface area contributed by atoms with Gasteiger partial charge in [-0.3, -0.25) is 4.79 Å². The standard InChI is InChI=1S/C10H13NO3/c1-6-7(2)10(13)9(5-8(6)12)11-3-4-14-10/h5,11,13H,3-4H2,1-2H3. The zero-order valence-electron chi connectivity index (χ0n) is 8.26. The van der Waals surface area contributed by atoms with Crippen LogP contribution in [-0.2, 0) is 9.53 Å². The van der Waals surface area contributed by atoms with Crippen LogP contribution >= 0.6 is 0 Å². The third-order valence-corrected chi connectivity index (χ3v) is 2.81. The normalized spacial score (nSPS) is 32.2. The van der Waals surface area contributed by atoms with Gasteiger partial charge in [0, 0.05) is 18.2 Å². The first-order chi connectivity index (χ1) is 6.55. The van der Waals surface area contributed by atoms with Gasteiger partial charge in [0.25, 0.3) is 0 Å². The Morgan fingerprint density at radius 3 is 3.00 bits per heavy atom. The van der Waals surface area contributed by atoms with Crippen LogP contribution in [0.5, 0.6) is 0 Å². The third kappa shape index (κ3) is 1.11. The lowest BCUT2D eigenvalue weighted by atomic mass is 9.89. The fourth-order valence-electron chi connectivity index (χ4n) is 1.72. The lowest BCUT2D eigenvalue weighted by molar-refractivity contribution is -0.165. The topological polar surface area (TPSA) is 58.6 Å². The maximum absolute atomic E-state index is 11.5. The van der Waals surface area contributed by atoms with Crippen molar-refractivity contribution in [1.29, 1.82) is 0 Å². The summed E-state index contributed by atoms with van der Waals surface area (Å²) in [6, 6.07) is 0. The fraction of sp³-hybridized carbons (Fsp3) is 0.500. The number of hydrogen-bond acceptors (Lipinski definition) is 4. The van der Waals surface area contributed by atoms with Crippen molar-refractivity contribution in [2.24, 2.45) is 0 Å². The Balaban J connectivity index is 2.49. The predicted octanol–water partition coefficient (Wildman–Crippen LogP) is 0.0978. The predicted molar refractivity (Wildman–Crippen MR) is 50.4 cm³/mol. The zero-order valence-corrected chi connectivity index (χ0v) is 8.26. The summed E-state index contributed by atoms with van der Waals surface area (Å²) in [5, 5.41) is 13.2. The Morgan fingerprint density at radius 1 is 1.57 bits per heavy atom. The highest BCUT2D eigenvalue weighted by molar-refractivity contribution is 6.06. The minimum atomic E-state index is -1.41. The molecule has 0 radical (unpaired) electrons. The molecule has 1 aliphatic carbocycles. The maximum atomic E-state index is 11.5. The molecule has 76 valence electrons. The minimum absolute atomic E-state index is 0.0693. The van der Waals surface area contributed by atoms with Crippen LogP contribution in [0.2, 0.25) is 0 Å². The van der Waals surface area contributed by atoms with E-state index >= 15 is 0 Å². The number of nitrogens with one attached hydrogen (secondary N) is 1. The molecule has 4 nitrogen and oxygen atoms in total. The van der Waals surface area contributed by atoms with Gasteiger partial charge in [-0.2, -0.15) is 0 Å². The van der Waals surface area contributed by atoms with E-state index in [1.54, 1.807) is 13.8 Å². The molecule has 2 aliphatic rings. The molecule has 14 heavy (non-hydrogen) atoms. The van der Waals surface area contributed by atoms with Gasteiger partial charge < -0.3 is 15.2 Å². The van der Waals surface area contributed by atoms with E-state index in [9.17, 15) is 9.90 Å². The van der Waals surface area contributed by atoms with Gasteiger partial charge in [-0.05, 0) is 19.4 Å². The summed E-state index contributed by atoms with van der Waals surface area (Å²) in [5.74, 6) is -1.48. The molecule has 0 amide bonds. The second-order valence-electron chi connectivity index (χ2n) is 3.59. The van der Waals surface area contributed by atoms with Gasteiger partial charge in [0.15, 0.2) is 5.78 Å². The highest BCUT2D eigenvalue weighted by Crippen LogP contribution is 2.33. The van der Waals surface area contributed by atoms with Gasteiger partial charge >= 0.3 is 0 Å². The monoisotopic (exact) mass is 195 g/mol. The average molecular weight is 195 g/mol. The van der Waals surface area contributed by atoms with Crippen molar-refractivity contribution in [3.05, 3.63) is 22.9 Å². The average Bonchev–Trinajstić information content (AvgIpc) is 2.17. The number of carbonyl (C=O) groups is 1. The van der Waals surface area contributed by atoms with Gasteiger partial charge in [-0.25, -0.2) is 0 Å².